The Balaban J connectivity index is 1.48. The van der Waals surface area contributed by atoms with E-state index in [9.17, 15) is 0 Å². The molecule has 1 aliphatic carbocycles. The van der Waals surface area contributed by atoms with Crippen molar-refractivity contribution in [1.82, 2.24) is 10.3 Å². The Morgan fingerprint density at radius 1 is 1.20 bits per heavy atom. The van der Waals surface area contributed by atoms with Crippen LogP contribution in [-0.4, -0.2) is 24.2 Å². The largest absolute Gasteiger partial charge is 0.490 e. The fourth-order valence-electron chi connectivity index (χ4n) is 3.47. The van der Waals surface area contributed by atoms with E-state index in [2.05, 4.69) is 10.3 Å². The molecular weight excluding hydrogens is 252 g/mol. The average molecular weight is 270 g/mol. The van der Waals surface area contributed by atoms with E-state index < -0.39 is 0 Å². The van der Waals surface area contributed by atoms with E-state index >= 15 is 0 Å². The van der Waals surface area contributed by atoms with Crippen LogP contribution in [0.4, 0.5) is 0 Å². The highest BCUT2D eigenvalue weighted by molar-refractivity contribution is 5.55. The van der Waals surface area contributed by atoms with Gasteiger partial charge in [-0.1, -0.05) is 6.07 Å². The van der Waals surface area contributed by atoms with E-state index in [1.807, 2.05) is 24.3 Å². The van der Waals surface area contributed by atoms with Crippen LogP contribution in [0, 0.1) is 11.8 Å². The van der Waals surface area contributed by atoms with E-state index in [-0.39, 0.29) is 0 Å². The molecule has 0 bridgehead atoms. The number of fused-ring (bicyclic) bond motifs is 1. The standard InChI is InChI=1S/C16H18N2O2/c1-2-11(16-18-4-5-19-16)6-14(3-1)20-15-7-12-9-17-10-13(12)8-15/h1-6,12-13,15,17H,7-10H2. The Morgan fingerprint density at radius 2 is 2.05 bits per heavy atom. The lowest BCUT2D eigenvalue weighted by Crippen LogP contribution is -2.18. The Labute approximate surface area is 118 Å². The van der Waals surface area contributed by atoms with Crippen molar-refractivity contribution >= 4 is 0 Å². The number of benzene rings is 1. The number of rotatable bonds is 3. The molecule has 4 rings (SSSR count). The van der Waals surface area contributed by atoms with Gasteiger partial charge in [0, 0.05) is 5.56 Å². The molecule has 2 heterocycles. The SMILES string of the molecule is c1cc(OC2CC3CNCC3C2)cc(-c2ncco2)c1. The number of oxazole rings is 1. The predicted octanol–water partition coefficient (Wildman–Crippen LogP) is 2.72. The van der Waals surface area contributed by atoms with Gasteiger partial charge in [0.2, 0.25) is 5.89 Å². The maximum atomic E-state index is 6.15. The third-order valence-electron chi connectivity index (χ3n) is 4.43. The molecule has 4 nitrogen and oxygen atoms in total. The highest BCUT2D eigenvalue weighted by Crippen LogP contribution is 2.37. The normalized spacial score (nSPS) is 28.5. The molecule has 0 radical (unpaired) electrons. The lowest BCUT2D eigenvalue weighted by atomic mass is 10.0. The van der Waals surface area contributed by atoms with Crippen molar-refractivity contribution < 1.29 is 9.15 Å². The van der Waals surface area contributed by atoms with Crippen molar-refractivity contribution in [2.45, 2.75) is 18.9 Å². The quantitative estimate of drug-likeness (QED) is 0.931. The second kappa shape index (κ2) is 4.94. The summed E-state index contributed by atoms with van der Waals surface area (Å²) in [4.78, 5) is 4.18. The maximum absolute atomic E-state index is 6.15. The zero-order chi connectivity index (χ0) is 13.4. The molecule has 1 aromatic heterocycles. The second-order valence-corrected chi connectivity index (χ2v) is 5.75. The van der Waals surface area contributed by atoms with Crippen LogP contribution in [0.5, 0.6) is 5.75 Å². The molecule has 2 fully saturated rings. The molecule has 20 heavy (non-hydrogen) atoms. The third-order valence-corrected chi connectivity index (χ3v) is 4.43. The summed E-state index contributed by atoms with van der Waals surface area (Å²) in [7, 11) is 0. The lowest BCUT2D eigenvalue weighted by molar-refractivity contribution is 0.199. The number of hydrogen-bond acceptors (Lipinski definition) is 4. The topological polar surface area (TPSA) is 47.3 Å². The Hall–Kier alpha value is -1.81. The monoisotopic (exact) mass is 270 g/mol. The smallest absolute Gasteiger partial charge is 0.225 e. The summed E-state index contributed by atoms with van der Waals surface area (Å²) in [5.41, 5.74) is 0.965. The van der Waals surface area contributed by atoms with Crippen LogP contribution in [-0.2, 0) is 0 Å². The molecule has 1 N–H and O–H groups in total. The maximum Gasteiger partial charge on any atom is 0.225 e. The van der Waals surface area contributed by atoms with Gasteiger partial charge in [0.1, 0.15) is 12.0 Å². The summed E-state index contributed by atoms with van der Waals surface area (Å²) in [5.74, 6) is 3.16. The van der Waals surface area contributed by atoms with Gasteiger partial charge >= 0.3 is 0 Å². The van der Waals surface area contributed by atoms with E-state index in [1.165, 1.54) is 12.8 Å². The summed E-state index contributed by atoms with van der Waals surface area (Å²) < 4.78 is 11.5. The Morgan fingerprint density at radius 3 is 2.80 bits per heavy atom. The first-order valence-electron chi connectivity index (χ1n) is 7.26. The molecule has 1 saturated heterocycles. The molecule has 0 amide bonds. The van der Waals surface area contributed by atoms with E-state index in [0.29, 0.717) is 12.0 Å². The summed E-state index contributed by atoms with van der Waals surface area (Å²) in [6.07, 6.45) is 5.94. The van der Waals surface area contributed by atoms with Gasteiger partial charge in [0.05, 0.1) is 12.3 Å². The molecule has 4 heteroatoms. The van der Waals surface area contributed by atoms with Crippen LogP contribution in [0.15, 0.2) is 41.1 Å². The molecule has 0 spiro atoms. The number of nitrogens with one attached hydrogen (secondary N) is 1. The summed E-state index contributed by atoms with van der Waals surface area (Å²) in [6.45, 7) is 2.31. The van der Waals surface area contributed by atoms with Crippen LogP contribution < -0.4 is 10.1 Å². The van der Waals surface area contributed by atoms with Crippen LogP contribution in [0.25, 0.3) is 11.5 Å². The van der Waals surface area contributed by atoms with Gasteiger partial charge in [-0.05, 0) is 56.0 Å². The first-order chi connectivity index (χ1) is 9.88. The Bertz CT molecular complexity index is 570. The van der Waals surface area contributed by atoms with Crippen LogP contribution >= 0.6 is 0 Å². The minimum Gasteiger partial charge on any atom is -0.490 e. The summed E-state index contributed by atoms with van der Waals surface area (Å²) in [6, 6.07) is 8.01. The number of hydrogen-bond donors (Lipinski definition) is 1. The van der Waals surface area contributed by atoms with Crippen molar-refractivity contribution in [1.29, 1.82) is 0 Å². The number of aromatic nitrogens is 1. The van der Waals surface area contributed by atoms with Crippen LogP contribution in [0.2, 0.25) is 0 Å². The fraction of sp³-hybridized carbons (Fsp3) is 0.438. The van der Waals surface area contributed by atoms with Crippen molar-refractivity contribution in [2.75, 3.05) is 13.1 Å². The van der Waals surface area contributed by atoms with Crippen molar-refractivity contribution in [3.8, 4) is 17.2 Å². The van der Waals surface area contributed by atoms with Crippen LogP contribution in [0.3, 0.4) is 0 Å². The van der Waals surface area contributed by atoms with E-state index in [4.69, 9.17) is 9.15 Å². The van der Waals surface area contributed by atoms with E-state index in [0.717, 1.165) is 36.2 Å². The highest BCUT2D eigenvalue weighted by atomic mass is 16.5. The third kappa shape index (κ3) is 2.20. The van der Waals surface area contributed by atoms with Crippen molar-refractivity contribution in [3.63, 3.8) is 0 Å². The van der Waals surface area contributed by atoms with Gasteiger partial charge in [-0.2, -0.15) is 0 Å². The molecule has 2 unspecified atom stereocenters. The molecule has 2 aromatic rings. The summed E-state index contributed by atoms with van der Waals surface area (Å²) in [5, 5.41) is 3.46. The first kappa shape index (κ1) is 12.0. The summed E-state index contributed by atoms with van der Waals surface area (Å²) >= 11 is 0. The van der Waals surface area contributed by atoms with Gasteiger partial charge < -0.3 is 14.5 Å². The lowest BCUT2D eigenvalue weighted by Gasteiger charge is -2.15. The predicted molar refractivity (Wildman–Crippen MR) is 75.4 cm³/mol. The van der Waals surface area contributed by atoms with Crippen molar-refractivity contribution in [3.05, 3.63) is 36.7 Å². The first-order valence-corrected chi connectivity index (χ1v) is 7.26. The molecular formula is C16H18N2O2. The van der Waals surface area contributed by atoms with Crippen LogP contribution in [0.1, 0.15) is 12.8 Å². The minimum atomic E-state index is 0.354. The molecule has 1 aliphatic heterocycles. The van der Waals surface area contributed by atoms with Crippen molar-refractivity contribution in [2.24, 2.45) is 11.8 Å². The highest BCUT2D eigenvalue weighted by Gasteiger charge is 2.38. The molecule has 104 valence electrons. The molecule has 1 aromatic carbocycles. The number of nitrogens with zero attached hydrogens (tertiary/aromatic N) is 1. The fourth-order valence-corrected chi connectivity index (χ4v) is 3.47. The van der Waals surface area contributed by atoms with Gasteiger partial charge in [0.25, 0.3) is 0 Å². The number of ether oxygens (including phenoxy) is 1. The zero-order valence-electron chi connectivity index (χ0n) is 11.3. The zero-order valence-corrected chi connectivity index (χ0v) is 11.3. The Kier molecular flexibility index (Phi) is 2.96. The molecule has 1 saturated carbocycles. The second-order valence-electron chi connectivity index (χ2n) is 5.75. The molecule has 2 aliphatic rings. The van der Waals surface area contributed by atoms with Gasteiger partial charge in [0.15, 0.2) is 0 Å². The average Bonchev–Trinajstić information content (AvgIpc) is 3.15. The van der Waals surface area contributed by atoms with Gasteiger partial charge in [-0.15, -0.1) is 0 Å². The molecule has 2 atom stereocenters. The van der Waals surface area contributed by atoms with E-state index in [1.54, 1.807) is 12.5 Å². The van der Waals surface area contributed by atoms with Gasteiger partial charge in [-0.3, -0.25) is 0 Å². The minimum absolute atomic E-state index is 0.354. The van der Waals surface area contributed by atoms with Gasteiger partial charge in [-0.25, -0.2) is 4.98 Å².